The van der Waals surface area contributed by atoms with Gasteiger partial charge in [-0.15, -0.1) is 0 Å². The summed E-state index contributed by atoms with van der Waals surface area (Å²) in [6, 6.07) is 8.17. The number of ketones is 1. The van der Waals surface area contributed by atoms with E-state index in [9.17, 15) is 19.3 Å². The minimum absolute atomic E-state index is 0.00342. The number of carbonyl (C=O) groups excluding carboxylic acids is 1. The van der Waals surface area contributed by atoms with Gasteiger partial charge >= 0.3 is 0 Å². The van der Waals surface area contributed by atoms with E-state index in [0.717, 1.165) is 6.07 Å². The van der Waals surface area contributed by atoms with Crippen molar-refractivity contribution in [2.24, 2.45) is 0 Å². The van der Waals surface area contributed by atoms with Gasteiger partial charge in [0.25, 0.3) is 5.69 Å². The van der Waals surface area contributed by atoms with E-state index in [2.05, 4.69) is 15.9 Å². The first-order valence-electron chi connectivity index (χ1n) is 5.82. The summed E-state index contributed by atoms with van der Waals surface area (Å²) in [5.41, 5.74) is -0.385. The summed E-state index contributed by atoms with van der Waals surface area (Å²) < 4.78 is 19.3. The highest BCUT2D eigenvalue weighted by Crippen LogP contribution is 2.37. The Balaban J connectivity index is 2.49. The molecule has 2 aromatic rings. The third-order valence-electron chi connectivity index (χ3n) is 2.69. The zero-order valence-corrected chi connectivity index (χ0v) is 12.4. The van der Waals surface area contributed by atoms with Crippen molar-refractivity contribution in [2.75, 3.05) is 0 Å². The Hall–Kier alpha value is -2.28. The highest BCUT2D eigenvalue weighted by atomic mass is 79.9. The summed E-state index contributed by atoms with van der Waals surface area (Å²) in [7, 11) is 0. The normalized spacial score (nSPS) is 10.2. The Kier molecular flexibility index (Phi) is 4.32. The summed E-state index contributed by atoms with van der Waals surface area (Å²) >= 11 is 3.07. The number of carbonyl (C=O) groups is 1. The second-order valence-electron chi connectivity index (χ2n) is 4.12. The van der Waals surface area contributed by atoms with Gasteiger partial charge < -0.3 is 4.74 Å². The number of nitro benzene ring substituents is 1. The second-order valence-corrected chi connectivity index (χ2v) is 4.91. The van der Waals surface area contributed by atoms with E-state index < -0.39 is 16.5 Å². The van der Waals surface area contributed by atoms with Gasteiger partial charge in [0.15, 0.2) is 5.78 Å². The fourth-order valence-electron chi connectivity index (χ4n) is 1.77. The molecule has 2 aromatic carbocycles. The first-order valence-corrected chi connectivity index (χ1v) is 6.61. The highest BCUT2D eigenvalue weighted by molar-refractivity contribution is 9.10. The molecule has 0 aliphatic rings. The van der Waals surface area contributed by atoms with Crippen molar-refractivity contribution >= 4 is 27.4 Å². The summed E-state index contributed by atoms with van der Waals surface area (Å²) in [5, 5.41) is 10.9. The smallest absolute Gasteiger partial charge is 0.287 e. The molecular formula is C14H9BrFNO4. The van der Waals surface area contributed by atoms with E-state index in [-0.39, 0.29) is 27.2 Å². The van der Waals surface area contributed by atoms with Crippen LogP contribution in [-0.4, -0.2) is 10.7 Å². The van der Waals surface area contributed by atoms with E-state index in [1.807, 2.05) is 0 Å². The van der Waals surface area contributed by atoms with Crippen LogP contribution in [0, 0.1) is 15.9 Å². The van der Waals surface area contributed by atoms with Crippen LogP contribution < -0.4 is 4.74 Å². The molecule has 0 saturated heterocycles. The molecule has 0 radical (unpaired) electrons. The van der Waals surface area contributed by atoms with Crippen LogP contribution in [0.5, 0.6) is 11.5 Å². The van der Waals surface area contributed by atoms with E-state index >= 15 is 0 Å². The van der Waals surface area contributed by atoms with Crippen molar-refractivity contribution in [3.63, 3.8) is 0 Å². The molecule has 0 heterocycles. The Labute approximate surface area is 127 Å². The van der Waals surface area contributed by atoms with Crippen LogP contribution in [0.1, 0.15) is 17.3 Å². The average molecular weight is 354 g/mol. The lowest BCUT2D eigenvalue weighted by atomic mass is 10.1. The number of ether oxygens (including phenoxy) is 1. The van der Waals surface area contributed by atoms with Gasteiger partial charge in [0.2, 0.25) is 0 Å². The molecule has 0 amide bonds. The summed E-state index contributed by atoms with van der Waals surface area (Å²) in [6.45, 7) is 1.22. The third kappa shape index (κ3) is 3.08. The Morgan fingerprint density at radius 1 is 1.24 bits per heavy atom. The SMILES string of the molecule is CC(=O)c1c(F)cccc1Oc1cccc([N+](=O)[O-])c1Br. The van der Waals surface area contributed by atoms with Gasteiger partial charge in [-0.05, 0) is 41.1 Å². The molecule has 7 heteroatoms. The molecule has 0 aromatic heterocycles. The van der Waals surface area contributed by atoms with Crippen LogP contribution in [0.15, 0.2) is 40.9 Å². The molecule has 2 rings (SSSR count). The van der Waals surface area contributed by atoms with Gasteiger partial charge in [-0.2, -0.15) is 0 Å². The van der Waals surface area contributed by atoms with Crippen LogP contribution in [0.2, 0.25) is 0 Å². The molecule has 0 aliphatic carbocycles. The molecule has 0 aliphatic heterocycles. The van der Waals surface area contributed by atoms with Gasteiger partial charge in [-0.3, -0.25) is 14.9 Å². The molecule has 0 unspecified atom stereocenters. The molecule has 5 nitrogen and oxygen atoms in total. The van der Waals surface area contributed by atoms with Crippen molar-refractivity contribution < 1.29 is 18.8 Å². The number of rotatable bonds is 4. The molecule has 0 saturated carbocycles. The number of hydrogen-bond acceptors (Lipinski definition) is 4. The lowest BCUT2D eigenvalue weighted by molar-refractivity contribution is -0.385. The predicted octanol–water partition coefficient (Wildman–Crippen LogP) is 4.49. The molecule has 0 atom stereocenters. The number of benzene rings is 2. The molecule has 108 valence electrons. The fourth-order valence-corrected chi connectivity index (χ4v) is 2.26. The monoisotopic (exact) mass is 353 g/mol. The van der Waals surface area contributed by atoms with Crippen LogP contribution in [0.25, 0.3) is 0 Å². The van der Waals surface area contributed by atoms with Crippen molar-refractivity contribution in [1.82, 2.24) is 0 Å². The van der Waals surface area contributed by atoms with Gasteiger partial charge in [0.1, 0.15) is 21.8 Å². The molecule has 0 fully saturated rings. The zero-order chi connectivity index (χ0) is 15.6. The van der Waals surface area contributed by atoms with Crippen molar-refractivity contribution in [2.45, 2.75) is 6.92 Å². The standard InChI is InChI=1S/C14H9BrFNO4/c1-8(18)13-9(16)4-2-6-11(13)21-12-7-3-5-10(14(12)15)17(19)20/h2-7H,1H3. The lowest BCUT2D eigenvalue weighted by Crippen LogP contribution is -2.01. The van der Waals surface area contributed by atoms with Crippen molar-refractivity contribution in [3.05, 3.63) is 62.4 Å². The summed E-state index contributed by atoms with van der Waals surface area (Å²) in [5.74, 6) is -1.08. The molecule has 0 bridgehead atoms. The number of Topliss-reactive ketones (excluding diaryl/α,β-unsaturated/α-hetero) is 1. The first-order chi connectivity index (χ1) is 9.91. The largest absolute Gasteiger partial charge is 0.455 e. The maximum Gasteiger partial charge on any atom is 0.287 e. The topological polar surface area (TPSA) is 69.4 Å². The second kappa shape index (κ2) is 6.01. The summed E-state index contributed by atoms with van der Waals surface area (Å²) in [4.78, 5) is 21.8. The number of hydrogen-bond donors (Lipinski definition) is 0. The predicted molar refractivity (Wildman–Crippen MR) is 77.3 cm³/mol. The van der Waals surface area contributed by atoms with Crippen molar-refractivity contribution in [1.29, 1.82) is 0 Å². The van der Waals surface area contributed by atoms with Gasteiger partial charge in [-0.25, -0.2) is 4.39 Å². The Morgan fingerprint density at radius 3 is 2.48 bits per heavy atom. The Morgan fingerprint density at radius 2 is 1.86 bits per heavy atom. The van der Waals surface area contributed by atoms with Gasteiger partial charge in [-0.1, -0.05) is 12.1 Å². The average Bonchev–Trinajstić information content (AvgIpc) is 2.40. The van der Waals surface area contributed by atoms with E-state index in [4.69, 9.17) is 4.74 Å². The van der Waals surface area contributed by atoms with Crippen LogP contribution in [-0.2, 0) is 0 Å². The number of halogens is 2. The fraction of sp³-hybridized carbons (Fsp3) is 0.0714. The quantitative estimate of drug-likeness (QED) is 0.461. The third-order valence-corrected chi connectivity index (χ3v) is 3.48. The maximum absolute atomic E-state index is 13.7. The highest BCUT2D eigenvalue weighted by Gasteiger charge is 2.19. The molecule has 21 heavy (non-hydrogen) atoms. The molecular weight excluding hydrogens is 345 g/mol. The Bertz CT molecular complexity index is 733. The van der Waals surface area contributed by atoms with E-state index in [0.29, 0.717) is 0 Å². The number of nitrogens with zero attached hydrogens (tertiary/aromatic N) is 1. The van der Waals surface area contributed by atoms with Crippen LogP contribution >= 0.6 is 15.9 Å². The lowest BCUT2D eigenvalue weighted by Gasteiger charge is -2.11. The first kappa shape index (κ1) is 15.1. The molecule has 0 N–H and O–H groups in total. The number of nitro groups is 1. The minimum atomic E-state index is -0.707. The zero-order valence-electron chi connectivity index (χ0n) is 10.8. The van der Waals surface area contributed by atoms with E-state index in [1.165, 1.54) is 37.3 Å². The van der Waals surface area contributed by atoms with Crippen LogP contribution in [0.3, 0.4) is 0 Å². The van der Waals surface area contributed by atoms with Gasteiger partial charge in [0, 0.05) is 6.07 Å². The van der Waals surface area contributed by atoms with Gasteiger partial charge in [0.05, 0.1) is 10.5 Å². The van der Waals surface area contributed by atoms with Crippen LogP contribution in [0.4, 0.5) is 10.1 Å². The maximum atomic E-state index is 13.7. The minimum Gasteiger partial charge on any atom is -0.455 e. The van der Waals surface area contributed by atoms with E-state index in [1.54, 1.807) is 0 Å². The van der Waals surface area contributed by atoms with Crippen molar-refractivity contribution in [3.8, 4) is 11.5 Å². The molecule has 0 spiro atoms. The summed E-state index contributed by atoms with van der Waals surface area (Å²) in [6.07, 6.45) is 0.